The van der Waals surface area contributed by atoms with E-state index in [9.17, 15) is 0 Å². The van der Waals surface area contributed by atoms with E-state index in [1.165, 1.54) is 0 Å². The van der Waals surface area contributed by atoms with Gasteiger partial charge in [0.2, 0.25) is 0 Å². The fourth-order valence-electron chi connectivity index (χ4n) is 2.45. The first-order chi connectivity index (χ1) is 8.37. The lowest BCUT2D eigenvalue weighted by Crippen LogP contribution is -2.41. The molecule has 88 valence electrons. The third-order valence-corrected chi connectivity index (χ3v) is 3.34. The Kier molecular flexibility index (Phi) is 2.54. The van der Waals surface area contributed by atoms with Crippen LogP contribution in [-0.2, 0) is 15.1 Å². The fraction of sp³-hybridized carbons (Fsp3) is 0.429. The Morgan fingerprint density at radius 1 is 1.47 bits per heavy atom. The molecule has 2 unspecified atom stereocenters. The third-order valence-electron chi connectivity index (χ3n) is 3.34. The maximum atomic E-state index is 5.93. The van der Waals surface area contributed by atoms with Crippen molar-refractivity contribution in [3.63, 3.8) is 0 Å². The highest BCUT2D eigenvalue weighted by Crippen LogP contribution is 2.46. The van der Waals surface area contributed by atoms with Gasteiger partial charge in [0.25, 0.3) is 0 Å². The molecule has 0 spiro atoms. The lowest BCUT2D eigenvalue weighted by atomic mass is 9.85. The number of para-hydroxylation sites is 1. The molecule has 0 aromatic heterocycles. The molecule has 3 heteroatoms. The van der Waals surface area contributed by atoms with Gasteiger partial charge < -0.3 is 14.2 Å². The first-order valence-corrected chi connectivity index (χ1v) is 5.78. The minimum atomic E-state index is -0.415. The van der Waals surface area contributed by atoms with Gasteiger partial charge >= 0.3 is 0 Å². The van der Waals surface area contributed by atoms with Gasteiger partial charge in [-0.25, -0.2) is 0 Å². The summed E-state index contributed by atoms with van der Waals surface area (Å²) < 4.78 is 17.0. The van der Waals surface area contributed by atoms with Gasteiger partial charge in [0, 0.05) is 12.0 Å². The molecule has 0 aliphatic carbocycles. The topological polar surface area (TPSA) is 31.0 Å². The summed E-state index contributed by atoms with van der Waals surface area (Å²) in [5.41, 5.74) is 0.644. The van der Waals surface area contributed by atoms with Gasteiger partial charge in [-0.15, -0.1) is 6.42 Å². The Morgan fingerprint density at radius 2 is 2.29 bits per heavy atom. The first-order valence-electron chi connectivity index (χ1n) is 5.78. The number of rotatable bonds is 3. The van der Waals surface area contributed by atoms with Crippen molar-refractivity contribution in [2.24, 2.45) is 0 Å². The smallest absolute Gasteiger partial charge is 0.129 e. The summed E-state index contributed by atoms with van der Waals surface area (Å²) in [5.74, 6) is 3.42. The standard InChI is InChI=1S/C14H14O3/c1-2-8-17-14(13-10-16-13)7-9-15-12-6-4-3-5-11(12)14/h1,3-6,13H,7-10H2. The minimum Gasteiger partial charge on any atom is -0.493 e. The van der Waals surface area contributed by atoms with E-state index in [1.54, 1.807) is 0 Å². The van der Waals surface area contributed by atoms with Crippen molar-refractivity contribution in [1.82, 2.24) is 0 Å². The van der Waals surface area contributed by atoms with E-state index >= 15 is 0 Å². The molecular formula is C14H14O3. The molecule has 1 aromatic carbocycles. The van der Waals surface area contributed by atoms with Crippen LogP contribution in [0.2, 0.25) is 0 Å². The molecule has 1 aromatic rings. The molecule has 2 heterocycles. The average molecular weight is 230 g/mol. The number of benzene rings is 1. The van der Waals surface area contributed by atoms with Crippen molar-refractivity contribution in [3.05, 3.63) is 29.8 Å². The summed E-state index contributed by atoms with van der Waals surface area (Å²) in [4.78, 5) is 0. The quantitative estimate of drug-likeness (QED) is 0.585. The number of ether oxygens (including phenoxy) is 3. The minimum absolute atomic E-state index is 0.112. The van der Waals surface area contributed by atoms with Gasteiger partial charge in [0.15, 0.2) is 0 Å². The summed E-state index contributed by atoms with van der Waals surface area (Å²) in [6.07, 6.45) is 6.20. The zero-order valence-electron chi connectivity index (χ0n) is 9.52. The van der Waals surface area contributed by atoms with Crippen molar-refractivity contribution in [2.75, 3.05) is 19.8 Å². The van der Waals surface area contributed by atoms with Crippen LogP contribution in [0.1, 0.15) is 12.0 Å². The lowest BCUT2D eigenvalue weighted by Gasteiger charge is -2.37. The molecule has 0 bridgehead atoms. The van der Waals surface area contributed by atoms with E-state index in [0.29, 0.717) is 13.2 Å². The predicted octanol–water partition coefficient (Wildman–Crippen LogP) is 1.71. The van der Waals surface area contributed by atoms with E-state index in [4.69, 9.17) is 20.6 Å². The zero-order chi connectivity index (χ0) is 11.7. The predicted molar refractivity (Wildman–Crippen MR) is 62.8 cm³/mol. The van der Waals surface area contributed by atoms with Crippen molar-refractivity contribution in [2.45, 2.75) is 18.1 Å². The lowest BCUT2D eigenvalue weighted by molar-refractivity contribution is -0.0783. The van der Waals surface area contributed by atoms with Crippen LogP contribution >= 0.6 is 0 Å². The summed E-state index contributed by atoms with van der Waals surface area (Å²) >= 11 is 0. The summed E-state index contributed by atoms with van der Waals surface area (Å²) in [7, 11) is 0. The second-order valence-corrected chi connectivity index (χ2v) is 4.30. The normalized spacial score (nSPS) is 29.9. The molecule has 2 atom stereocenters. The third kappa shape index (κ3) is 1.70. The number of hydrogen-bond acceptors (Lipinski definition) is 3. The van der Waals surface area contributed by atoms with Gasteiger partial charge in [-0.3, -0.25) is 0 Å². The van der Waals surface area contributed by atoms with E-state index in [2.05, 4.69) is 5.92 Å². The molecule has 0 N–H and O–H groups in total. The molecule has 0 amide bonds. The highest BCUT2D eigenvalue weighted by Gasteiger charge is 2.52. The molecule has 0 radical (unpaired) electrons. The van der Waals surface area contributed by atoms with Gasteiger partial charge in [0.05, 0.1) is 13.2 Å². The van der Waals surface area contributed by atoms with Crippen LogP contribution in [0.3, 0.4) is 0 Å². The van der Waals surface area contributed by atoms with E-state index in [0.717, 1.165) is 24.3 Å². The van der Waals surface area contributed by atoms with E-state index in [1.807, 2.05) is 24.3 Å². The molecule has 0 saturated carbocycles. The van der Waals surface area contributed by atoms with Crippen LogP contribution in [0.25, 0.3) is 0 Å². The Labute approximate surface area is 101 Å². The second kappa shape index (κ2) is 4.06. The Hall–Kier alpha value is -1.50. The molecule has 2 aliphatic rings. The monoisotopic (exact) mass is 230 g/mol. The first kappa shape index (κ1) is 10.6. The average Bonchev–Trinajstić information content (AvgIpc) is 3.21. The van der Waals surface area contributed by atoms with Crippen molar-refractivity contribution >= 4 is 0 Å². The van der Waals surface area contributed by atoms with Crippen LogP contribution in [0.4, 0.5) is 0 Å². The maximum Gasteiger partial charge on any atom is 0.129 e. The Bertz CT molecular complexity index is 459. The molecule has 2 aliphatic heterocycles. The molecule has 3 nitrogen and oxygen atoms in total. The van der Waals surface area contributed by atoms with Gasteiger partial charge in [0.1, 0.15) is 24.1 Å². The van der Waals surface area contributed by atoms with Crippen LogP contribution < -0.4 is 4.74 Å². The fourth-order valence-corrected chi connectivity index (χ4v) is 2.45. The van der Waals surface area contributed by atoms with E-state index in [-0.39, 0.29) is 6.10 Å². The Balaban J connectivity index is 2.02. The number of terminal acetylenes is 1. The molecule has 17 heavy (non-hydrogen) atoms. The number of fused-ring (bicyclic) bond motifs is 1. The summed E-state index contributed by atoms with van der Waals surface area (Å²) in [5, 5.41) is 0. The Morgan fingerprint density at radius 3 is 3.06 bits per heavy atom. The number of epoxide rings is 1. The SMILES string of the molecule is C#CCOC1(C2CO2)CCOc2ccccc21. The van der Waals surface area contributed by atoms with Crippen LogP contribution in [0, 0.1) is 12.3 Å². The van der Waals surface area contributed by atoms with E-state index < -0.39 is 5.60 Å². The summed E-state index contributed by atoms with van der Waals surface area (Å²) in [6, 6.07) is 7.95. The van der Waals surface area contributed by atoms with Crippen LogP contribution in [0.5, 0.6) is 5.75 Å². The second-order valence-electron chi connectivity index (χ2n) is 4.30. The van der Waals surface area contributed by atoms with Crippen molar-refractivity contribution in [3.8, 4) is 18.1 Å². The van der Waals surface area contributed by atoms with Crippen LogP contribution in [-0.4, -0.2) is 25.9 Å². The molecular weight excluding hydrogens is 216 g/mol. The van der Waals surface area contributed by atoms with Gasteiger partial charge in [-0.1, -0.05) is 24.1 Å². The zero-order valence-corrected chi connectivity index (χ0v) is 9.52. The molecule has 1 saturated heterocycles. The maximum absolute atomic E-state index is 5.93. The molecule has 3 rings (SSSR count). The molecule has 1 fully saturated rings. The van der Waals surface area contributed by atoms with Crippen LogP contribution in [0.15, 0.2) is 24.3 Å². The largest absolute Gasteiger partial charge is 0.493 e. The highest BCUT2D eigenvalue weighted by molar-refractivity contribution is 5.41. The van der Waals surface area contributed by atoms with Crippen molar-refractivity contribution in [1.29, 1.82) is 0 Å². The highest BCUT2D eigenvalue weighted by atomic mass is 16.6. The number of hydrogen-bond donors (Lipinski definition) is 0. The summed E-state index contributed by atoms with van der Waals surface area (Å²) in [6.45, 7) is 1.68. The van der Waals surface area contributed by atoms with Gasteiger partial charge in [-0.05, 0) is 6.07 Å². The van der Waals surface area contributed by atoms with Gasteiger partial charge in [-0.2, -0.15) is 0 Å². The van der Waals surface area contributed by atoms with Crippen molar-refractivity contribution < 1.29 is 14.2 Å².